The summed E-state index contributed by atoms with van der Waals surface area (Å²) in [5.41, 5.74) is 10.9. The van der Waals surface area contributed by atoms with E-state index in [0.29, 0.717) is 0 Å². The van der Waals surface area contributed by atoms with Crippen LogP contribution in [0.5, 0.6) is 0 Å². The van der Waals surface area contributed by atoms with Gasteiger partial charge in [0.1, 0.15) is 11.6 Å². The van der Waals surface area contributed by atoms with Gasteiger partial charge in [0, 0.05) is 65.1 Å². The molecule has 0 aliphatic carbocycles. The molecule has 2 aromatic carbocycles. The van der Waals surface area contributed by atoms with Crippen molar-refractivity contribution in [2.45, 2.75) is 238 Å². The van der Waals surface area contributed by atoms with Gasteiger partial charge in [-0.3, -0.25) is 0 Å². The van der Waals surface area contributed by atoms with E-state index in [9.17, 15) is 15.2 Å². The summed E-state index contributed by atoms with van der Waals surface area (Å²) in [7, 11) is 0. The normalized spacial score (nSPS) is 12.4. The highest BCUT2D eigenvalue weighted by molar-refractivity contribution is 7.99. The van der Waals surface area contributed by atoms with Crippen LogP contribution < -0.4 is 4.90 Å². The maximum atomic E-state index is 12.2. The molecule has 4 nitrogen and oxygen atoms in total. The number of fused-ring (bicyclic) bond motifs is 2. The van der Waals surface area contributed by atoms with E-state index < -0.39 is 5.97 Å². The first kappa shape index (κ1) is 63.8. The summed E-state index contributed by atoms with van der Waals surface area (Å²) >= 11 is 11.7. The lowest BCUT2D eigenvalue weighted by atomic mass is 10.0. The molecule has 10 heteroatoms. The average molecular weight is 1210 g/mol. The molecular formula is C72H92N2O2S6. The number of rotatable bonds is 37. The first-order chi connectivity index (χ1) is 40.2. The molecular weight excluding hydrogens is 1120 g/mol. The van der Waals surface area contributed by atoms with Crippen molar-refractivity contribution in [1.29, 1.82) is 5.26 Å². The molecule has 0 saturated heterocycles. The second-order valence-corrected chi connectivity index (χ2v) is 29.2. The monoisotopic (exact) mass is 1210 g/mol. The van der Waals surface area contributed by atoms with Gasteiger partial charge in [0.25, 0.3) is 0 Å². The van der Waals surface area contributed by atoms with Gasteiger partial charge in [-0.1, -0.05) is 187 Å². The van der Waals surface area contributed by atoms with Gasteiger partial charge in [0.05, 0.1) is 11.4 Å². The van der Waals surface area contributed by atoms with Crippen LogP contribution in [0.3, 0.4) is 0 Å². The Kier molecular flexibility index (Phi) is 26.0. The molecule has 0 bridgehead atoms. The lowest BCUT2D eigenvalue weighted by molar-refractivity contribution is -0.132. The van der Waals surface area contributed by atoms with Crippen molar-refractivity contribution in [1.82, 2.24) is 0 Å². The maximum Gasteiger partial charge on any atom is 0.346 e. The molecule has 6 heterocycles. The third-order valence-corrected chi connectivity index (χ3v) is 24.0. The molecule has 1 aliphatic heterocycles. The number of unbranched alkanes of at least 4 members (excludes halogenated alkanes) is 18. The van der Waals surface area contributed by atoms with E-state index >= 15 is 0 Å². The van der Waals surface area contributed by atoms with Gasteiger partial charge in [-0.2, -0.15) is 5.26 Å². The van der Waals surface area contributed by atoms with E-state index in [-0.39, 0.29) is 5.57 Å². The van der Waals surface area contributed by atoms with Crippen LogP contribution in [-0.2, 0) is 36.9 Å². The van der Waals surface area contributed by atoms with Crippen LogP contribution in [-0.4, -0.2) is 17.6 Å². The van der Waals surface area contributed by atoms with E-state index in [2.05, 4.69) is 131 Å². The Bertz CT molecular complexity index is 3190. The molecule has 0 radical (unpaired) electrons. The molecule has 0 atom stereocenters. The van der Waals surface area contributed by atoms with E-state index in [1.807, 2.05) is 51.8 Å². The highest BCUT2D eigenvalue weighted by atomic mass is 32.2. The number of aliphatic carboxylic acids is 1. The number of anilines is 2. The van der Waals surface area contributed by atoms with E-state index in [4.69, 9.17) is 0 Å². The van der Waals surface area contributed by atoms with Crippen molar-refractivity contribution in [3.63, 3.8) is 0 Å². The smallest absolute Gasteiger partial charge is 0.346 e. The fourth-order valence-electron chi connectivity index (χ4n) is 11.6. The van der Waals surface area contributed by atoms with Crippen LogP contribution in [0, 0.1) is 11.3 Å². The zero-order valence-electron chi connectivity index (χ0n) is 50.4. The molecule has 0 unspecified atom stereocenters. The second-order valence-electron chi connectivity index (χ2n) is 22.9. The molecule has 0 amide bonds. The minimum atomic E-state index is -1.16. The molecule has 5 aromatic heterocycles. The van der Waals surface area contributed by atoms with Crippen molar-refractivity contribution < 1.29 is 9.90 Å². The fraction of sp³-hybridized carbons (Fsp3) is 0.500. The number of carboxylic acid groups (broad SMARTS) is 1. The SMILES string of the molecule is CCCCCCc1cc(-c2sc(-c3sc(-c4sc(-c5sc(-c6ccc7c(c6)Sc6ccccc6N7CCCCCC)cc5CCCCCC)cc4CCCCCC)cc3CCCCCC)cc2CCCCCC)sc1/C=C(\C#N)C(=O)O. The second kappa shape index (κ2) is 33.5. The number of thiophene rings is 5. The lowest BCUT2D eigenvalue weighted by Gasteiger charge is -2.33. The molecule has 8 rings (SSSR count). The van der Waals surface area contributed by atoms with Gasteiger partial charge in [-0.05, 0) is 165 Å². The standard InChI is InChI=1S/C72H92N2O2S6/c1-7-13-19-25-33-51-44-64(78-61(51)49-57(50-73)72(75)76)68-54(35-27-21-15-9-3)46-66(80-68)70-56(37-29-23-17-11-5)48-67(82-70)71-55(36-28-22-16-10-4)47-65(81-71)69-53(34-26-20-14-8-2)45-62(79-69)52-40-41-59-63(43-52)77-60-39-31-30-38-58(60)74(59)42-32-24-18-12-6/h30-31,38-41,43-49H,7-29,32-37,42H2,1-6H3,(H,75,76)/b57-49+. The molecule has 438 valence electrons. The number of hydrogen-bond donors (Lipinski definition) is 1. The minimum Gasteiger partial charge on any atom is -0.477 e. The minimum absolute atomic E-state index is 0.196. The Morgan fingerprint density at radius 3 is 1.29 bits per heavy atom. The van der Waals surface area contributed by atoms with Crippen LogP contribution in [0.2, 0.25) is 0 Å². The highest BCUT2D eigenvalue weighted by Crippen LogP contribution is 2.53. The Morgan fingerprint density at radius 1 is 0.451 bits per heavy atom. The maximum absolute atomic E-state index is 12.2. The van der Waals surface area contributed by atoms with Gasteiger partial charge >= 0.3 is 5.97 Å². The topological polar surface area (TPSA) is 64.3 Å². The summed E-state index contributed by atoms with van der Waals surface area (Å²) < 4.78 is 0. The summed E-state index contributed by atoms with van der Waals surface area (Å²) in [5.74, 6) is -1.16. The van der Waals surface area contributed by atoms with Crippen molar-refractivity contribution in [2.24, 2.45) is 0 Å². The first-order valence-electron chi connectivity index (χ1n) is 31.9. The number of nitriles is 1. The largest absolute Gasteiger partial charge is 0.477 e. The quantitative estimate of drug-likeness (QED) is 0.0239. The third kappa shape index (κ3) is 17.0. The summed E-state index contributed by atoms with van der Waals surface area (Å²) in [4.78, 5) is 30.9. The summed E-state index contributed by atoms with van der Waals surface area (Å²) in [6.45, 7) is 14.8. The first-order valence-corrected chi connectivity index (χ1v) is 36.8. The molecule has 1 N–H and O–H groups in total. The van der Waals surface area contributed by atoms with Crippen molar-refractivity contribution in [2.75, 3.05) is 11.4 Å². The number of para-hydroxylation sites is 1. The predicted molar refractivity (Wildman–Crippen MR) is 365 cm³/mol. The molecule has 82 heavy (non-hydrogen) atoms. The van der Waals surface area contributed by atoms with Crippen LogP contribution in [0.1, 0.15) is 228 Å². The van der Waals surface area contributed by atoms with Crippen molar-refractivity contribution >= 4 is 91.9 Å². The van der Waals surface area contributed by atoms with Gasteiger partial charge in [0.2, 0.25) is 0 Å². The molecule has 0 spiro atoms. The van der Waals surface area contributed by atoms with Crippen LogP contribution >= 0.6 is 68.4 Å². The Balaban J connectivity index is 1.21. The number of benzene rings is 2. The summed E-state index contributed by atoms with van der Waals surface area (Å²) in [5, 5.41) is 19.8. The Hall–Kier alpha value is -4.21. The van der Waals surface area contributed by atoms with Gasteiger partial charge < -0.3 is 10.0 Å². The predicted octanol–water partition coefficient (Wildman–Crippen LogP) is 25.1. The van der Waals surface area contributed by atoms with Crippen LogP contribution in [0.15, 0.2) is 88.2 Å². The van der Waals surface area contributed by atoms with E-state index in [1.54, 1.807) is 17.4 Å². The van der Waals surface area contributed by atoms with Crippen molar-refractivity contribution in [3.05, 3.63) is 111 Å². The molecule has 0 saturated carbocycles. The Morgan fingerprint density at radius 2 is 0.841 bits per heavy atom. The van der Waals surface area contributed by atoms with Crippen LogP contribution in [0.25, 0.3) is 55.5 Å². The summed E-state index contributed by atoms with van der Waals surface area (Å²) in [6, 6.07) is 31.0. The number of carboxylic acids is 1. The van der Waals surface area contributed by atoms with Crippen LogP contribution in [0.4, 0.5) is 11.4 Å². The average Bonchev–Trinajstić information content (AvgIpc) is 4.43. The third-order valence-electron chi connectivity index (χ3n) is 16.2. The number of aryl methyl sites for hydroxylation is 5. The van der Waals surface area contributed by atoms with E-state index in [0.717, 1.165) is 69.2 Å². The van der Waals surface area contributed by atoms with Gasteiger partial charge in [0.15, 0.2) is 0 Å². The van der Waals surface area contributed by atoms with Crippen molar-refractivity contribution in [3.8, 4) is 55.5 Å². The van der Waals surface area contributed by atoms with Gasteiger partial charge in [-0.15, -0.1) is 56.7 Å². The molecule has 0 fully saturated rings. The zero-order chi connectivity index (χ0) is 57.6. The molecule has 1 aliphatic rings. The highest BCUT2D eigenvalue weighted by Gasteiger charge is 2.27. The number of hydrogen-bond acceptors (Lipinski definition) is 9. The lowest BCUT2D eigenvalue weighted by Crippen LogP contribution is -2.21. The number of nitrogens with zero attached hydrogens (tertiary/aromatic N) is 2. The fourth-order valence-corrected chi connectivity index (χ4v) is 19.2. The Labute approximate surface area is 518 Å². The van der Waals surface area contributed by atoms with E-state index in [1.165, 1.54) is 227 Å². The zero-order valence-corrected chi connectivity index (χ0v) is 55.3. The van der Waals surface area contributed by atoms with Gasteiger partial charge in [-0.25, -0.2) is 4.79 Å². The number of carbonyl (C=O) groups is 1. The summed E-state index contributed by atoms with van der Waals surface area (Å²) in [6.07, 6.45) is 36.1. The molecule has 7 aromatic rings.